The predicted molar refractivity (Wildman–Crippen MR) is 44.3 cm³/mol. The molecule has 0 spiro atoms. The Morgan fingerprint density at radius 1 is 1.55 bits per heavy atom. The lowest BCUT2D eigenvalue weighted by atomic mass is 9.76. The zero-order chi connectivity index (χ0) is 8.32. The van der Waals surface area contributed by atoms with Crippen molar-refractivity contribution in [2.45, 2.75) is 31.7 Å². The van der Waals surface area contributed by atoms with Gasteiger partial charge in [-0.05, 0) is 25.8 Å². The number of amides is 1. The molecule has 1 aliphatic carbocycles. The molecule has 1 rings (SSSR count). The standard InChI is InChI=1S/C8H16N2O/c1-3-10-8(5-4-6-8)7(11)9-2/h10H,3-6H2,1-2H3,(H,9,11). The first-order valence-electron chi connectivity index (χ1n) is 4.22. The summed E-state index contributed by atoms with van der Waals surface area (Å²) < 4.78 is 0. The van der Waals surface area contributed by atoms with Crippen molar-refractivity contribution in [2.24, 2.45) is 0 Å². The van der Waals surface area contributed by atoms with Gasteiger partial charge in [-0.1, -0.05) is 6.92 Å². The molecule has 0 heterocycles. The molecule has 0 aromatic heterocycles. The maximum Gasteiger partial charge on any atom is 0.240 e. The van der Waals surface area contributed by atoms with E-state index in [9.17, 15) is 4.79 Å². The summed E-state index contributed by atoms with van der Waals surface area (Å²) in [4.78, 5) is 11.3. The van der Waals surface area contributed by atoms with Crippen LogP contribution < -0.4 is 10.6 Å². The smallest absolute Gasteiger partial charge is 0.240 e. The van der Waals surface area contributed by atoms with Crippen molar-refractivity contribution in [2.75, 3.05) is 13.6 Å². The third-order valence-corrected chi connectivity index (χ3v) is 2.38. The molecule has 3 heteroatoms. The van der Waals surface area contributed by atoms with Crippen LogP contribution in [0.3, 0.4) is 0 Å². The fraction of sp³-hybridized carbons (Fsp3) is 0.875. The summed E-state index contributed by atoms with van der Waals surface area (Å²) in [5.74, 6) is 0.144. The largest absolute Gasteiger partial charge is 0.358 e. The van der Waals surface area contributed by atoms with Gasteiger partial charge < -0.3 is 10.6 Å². The quantitative estimate of drug-likeness (QED) is 0.615. The third-order valence-electron chi connectivity index (χ3n) is 2.38. The van der Waals surface area contributed by atoms with Crippen LogP contribution in [0.15, 0.2) is 0 Å². The lowest BCUT2D eigenvalue weighted by molar-refractivity contribution is -0.130. The molecule has 0 bridgehead atoms. The number of likely N-dealkylation sites (N-methyl/N-ethyl adjacent to an activating group) is 2. The van der Waals surface area contributed by atoms with Crippen LogP contribution in [0, 0.1) is 0 Å². The molecule has 3 nitrogen and oxygen atoms in total. The molecule has 0 saturated heterocycles. The molecule has 11 heavy (non-hydrogen) atoms. The highest BCUT2D eigenvalue weighted by Crippen LogP contribution is 2.31. The SMILES string of the molecule is CCNC1(C(=O)NC)CCC1. The zero-order valence-corrected chi connectivity index (χ0v) is 7.24. The monoisotopic (exact) mass is 156 g/mol. The first-order valence-corrected chi connectivity index (χ1v) is 4.22. The van der Waals surface area contributed by atoms with E-state index in [0.29, 0.717) is 0 Å². The van der Waals surface area contributed by atoms with Crippen molar-refractivity contribution in [3.8, 4) is 0 Å². The molecule has 0 aromatic rings. The van der Waals surface area contributed by atoms with Gasteiger partial charge in [-0.25, -0.2) is 0 Å². The second-order valence-electron chi connectivity index (χ2n) is 3.05. The highest BCUT2D eigenvalue weighted by molar-refractivity contribution is 5.87. The maximum atomic E-state index is 11.3. The summed E-state index contributed by atoms with van der Waals surface area (Å²) in [5.41, 5.74) is -0.219. The number of hydrogen-bond acceptors (Lipinski definition) is 2. The van der Waals surface area contributed by atoms with Gasteiger partial charge in [-0.3, -0.25) is 4.79 Å². The Kier molecular flexibility index (Phi) is 2.49. The van der Waals surface area contributed by atoms with E-state index in [1.807, 2.05) is 6.92 Å². The molecule has 0 aliphatic heterocycles. The second-order valence-corrected chi connectivity index (χ2v) is 3.05. The van der Waals surface area contributed by atoms with Gasteiger partial charge in [0.1, 0.15) is 0 Å². The molecule has 0 unspecified atom stereocenters. The van der Waals surface area contributed by atoms with Crippen molar-refractivity contribution in [3.63, 3.8) is 0 Å². The van der Waals surface area contributed by atoms with E-state index in [2.05, 4.69) is 10.6 Å². The van der Waals surface area contributed by atoms with E-state index < -0.39 is 0 Å². The lowest BCUT2D eigenvalue weighted by Crippen LogP contribution is -2.60. The molecule has 0 aromatic carbocycles. The Bertz CT molecular complexity index is 152. The molecule has 1 aliphatic rings. The normalized spacial score (nSPS) is 20.5. The van der Waals surface area contributed by atoms with Crippen LogP contribution in [-0.2, 0) is 4.79 Å². The minimum atomic E-state index is -0.219. The minimum Gasteiger partial charge on any atom is -0.358 e. The molecular weight excluding hydrogens is 140 g/mol. The van der Waals surface area contributed by atoms with Gasteiger partial charge >= 0.3 is 0 Å². The topological polar surface area (TPSA) is 41.1 Å². The summed E-state index contributed by atoms with van der Waals surface area (Å²) in [6.07, 6.45) is 3.14. The highest BCUT2D eigenvalue weighted by atomic mass is 16.2. The van der Waals surface area contributed by atoms with Crippen molar-refractivity contribution in [1.29, 1.82) is 0 Å². The van der Waals surface area contributed by atoms with Crippen LogP contribution in [0.5, 0.6) is 0 Å². The molecule has 1 saturated carbocycles. The lowest BCUT2D eigenvalue weighted by Gasteiger charge is -2.40. The van der Waals surface area contributed by atoms with Gasteiger partial charge in [-0.15, -0.1) is 0 Å². The van der Waals surface area contributed by atoms with Gasteiger partial charge in [0.25, 0.3) is 0 Å². The molecular formula is C8H16N2O. The Labute approximate surface area is 67.5 Å². The Balaban J connectivity index is 2.52. The van der Waals surface area contributed by atoms with Crippen LogP contribution in [0.2, 0.25) is 0 Å². The van der Waals surface area contributed by atoms with E-state index in [4.69, 9.17) is 0 Å². The average Bonchev–Trinajstić information content (AvgIpc) is 1.95. The molecule has 0 radical (unpaired) electrons. The second kappa shape index (κ2) is 3.22. The maximum absolute atomic E-state index is 11.3. The van der Waals surface area contributed by atoms with Crippen LogP contribution in [-0.4, -0.2) is 25.0 Å². The molecule has 1 amide bonds. The van der Waals surface area contributed by atoms with Gasteiger partial charge in [0, 0.05) is 7.05 Å². The summed E-state index contributed by atoms with van der Waals surface area (Å²) >= 11 is 0. The van der Waals surface area contributed by atoms with Crippen molar-refractivity contribution in [3.05, 3.63) is 0 Å². The number of carbonyl (C=O) groups is 1. The number of carbonyl (C=O) groups excluding carboxylic acids is 1. The van der Waals surface area contributed by atoms with E-state index in [1.54, 1.807) is 7.05 Å². The Morgan fingerprint density at radius 2 is 2.18 bits per heavy atom. The molecule has 2 N–H and O–H groups in total. The van der Waals surface area contributed by atoms with Gasteiger partial charge in [0.2, 0.25) is 5.91 Å². The molecule has 0 atom stereocenters. The number of nitrogens with one attached hydrogen (secondary N) is 2. The van der Waals surface area contributed by atoms with Crippen molar-refractivity contribution in [1.82, 2.24) is 10.6 Å². The minimum absolute atomic E-state index is 0.144. The first-order chi connectivity index (χ1) is 5.25. The van der Waals surface area contributed by atoms with Crippen LogP contribution in [0.4, 0.5) is 0 Å². The average molecular weight is 156 g/mol. The summed E-state index contributed by atoms with van der Waals surface area (Å²) in [7, 11) is 1.69. The predicted octanol–water partition coefficient (Wildman–Crippen LogP) is 0.265. The third kappa shape index (κ3) is 1.38. The van der Waals surface area contributed by atoms with E-state index >= 15 is 0 Å². The van der Waals surface area contributed by atoms with Gasteiger partial charge in [0.05, 0.1) is 5.54 Å². The fourth-order valence-electron chi connectivity index (χ4n) is 1.59. The summed E-state index contributed by atoms with van der Waals surface area (Å²) in [5, 5.41) is 5.93. The number of rotatable bonds is 3. The molecule has 64 valence electrons. The Morgan fingerprint density at radius 3 is 2.45 bits per heavy atom. The van der Waals surface area contributed by atoms with Crippen molar-refractivity contribution >= 4 is 5.91 Å². The van der Waals surface area contributed by atoms with E-state index in [-0.39, 0.29) is 11.4 Å². The van der Waals surface area contributed by atoms with Gasteiger partial charge in [0.15, 0.2) is 0 Å². The summed E-state index contributed by atoms with van der Waals surface area (Å²) in [6.45, 7) is 2.90. The fourth-order valence-corrected chi connectivity index (χ4v) is 1.59. The van der Waals surface area contributed by atoms with Crippen LogP contribution >= 0.6 is 0 Å². The van der Waals surface area contributed by atoms with Crippen LogP contribution in [0.25, 0.3) is 0 Å². The van der Waals surface area contributed by atoms with Crippen molar-refractivity contribution < 1.29 is 4.79 Å². The number of hydrogen-bond donors (Lipinski definition) is 2. The molecule has 1 fully saturated rings. The first kappa shape index (κ1) is 8.53. The van der Waals surface area contributed by atoms with Gasteiger partial charge in [-0.2, -0.15) is 0 Å². The summed E-state index contributed by atoms with van der Waals surface area (Å²) in [6, 6.07) is 0. The zero-order valence-electron chi connectivity index (χ0n) is 7.24. The highest BCUT2D eigenvalue weighted by Gasteiger charge is 2.42. The van der Waals surface area contributed by atoms with E-state index in [1.165, 1.54) is 6.42 Å². The Hall–Kier alpha value is -0.570. The van der Waals surface area contributed by atoms with E-state index in [0.717, 1.165) is 19.4 Å². The van der Waals surface area contributed by atoms with Crippen LogP contribution in [0.1, 0.15) is 26.2 Å².